The van der Waals surface area contributed by atoms with Gasteiger partial charge in [0, 0.05) is 12.4 Å². The summed E-state index contributed by atoms with van der Waals surface area (Å²) in [4.78, 5) is 24.7. The van der Waals surface area contributed by atoms with E-state index in [-0.39, 0.29) is 16.3 Å². The summed E-state index contributed by atoms with van der Waals surface area (Å²) in [5.41, 5.74) is 0.554. The fourth-order valence-corrected chi connectivity index (χ4v) is 1.34. The Hall–Kier alpha value is -2.02. The Bertz CT molecular complexity index is 619. The summed E-state index contributed by atoms with van der Waals surface area (Å²) < 4.78 is 5.15. The molecule has 82 valence electrons. The van der Waals surface area contributed by atoms with Gasteiger partial charge in [-0.15, -0.1) is 0 Å². The minimum atomic E-state index is -0.301. The molecule has 0 saturated heterocycles. The van der Waals surface area contributed by atoms with Gasteiger partial charge in [0.05, 0.1) is 18.4 Å². The molecule has 0 spiro atoms. The molecule has 7 heteroatoms. The quantitative estimate of drug-likeness (QED) is 0.757. The molecule has 0 aliphatic carbocycles. The van der Waals surface area contributed by atoms with Crippen molar-refractivity contribution in [2.24, 2.45) is 0 Å². The van der Waals surface area contributed by atoms with E-state index in [0.717, 1.165) is 0 Å². The zero-order valence-corrected chi connectivity index (χ0v) is 9.17. The smallest absolute Gasteiger partial charge is 0.316 e. The van der Waals surface area contributed by atoms with Crippen molar-refractivity contribution in [3.05, 3.63) is 33.6 Å². The van der Waals surface area contributed by atoms with E-state index in [0.29, 0.717) is 11.3 Å². The van der Waals surface area contributed by atoms with Gasteiger partial charge in [-0.25, -0.2) is 4.98 Å². The second-order valence-corrected chi connectivity index (χ2v) is 3.32. The van der Waals surface area contributed by atoms with Crippen molar-refractivity contribution in [3.8, 4) is 17.3 Å². The number of rotatable bonds is 2. The Kier molecular flexibility index (Phi) is 2.78. The Labute approximate surface area is 95.4 Å². The molecule has 0 saturated carbocycles. The van der Waals surface area contributed by atoms with E-state index >= 15 is 0 Å². The maximum atomic E-state index is 11.6. The molecule has 0 aliphatic heterocycles. The van der Waals surface area contributed by atoms with Crippen LogP contribution in [0.4, 0.5) is 0 Å². The number of ether oxygens (including phenoxy) is 1. The third-order valence-corrected chi connectivity index (χ3v) is 2.13. The first-order valence-corrected chi connectivity index (χ1v) is 4.81. The van der Waals surface area contributed by atoms with Crippen LogP contribution in [-0.2, 0) is 0 Å². The van der Waals surface area contributed by atoms with Gasteiger partial charge < -0.3 is 9.72 Å². The fraction of sp³-hybridized carbons (Fsp3) is 0.111. The summed E-state index contributed by atoms with van der Waals surface area (Å²) in [5.74, 6) is 0. The minimum absolute atomic E-state index is 0.208. The van der Waals surface area contributed by atoms with E-state index in [4.69, 9.17) is 17.0 Å². The van der Waals surface area contributed by atoms with Crippen LogP contribution in [0.25, 0.3) is 11.3 Å². The van der Waals surface area contributed by atoms with E-state index in [1.807, 2.05) is 0 Å². The molecule has 16 heavy (non-hydrogen) atoms. The number of hydrogen-bond donors (Lipinski definition) is 2. The van der Waals surface area contributed by atoms with Gasteiger partial charge in [-0.3, -0.25) is 9.78 Å². The van der Waals surface area contributed by atoms with Crippen LogP contribution in [0.1, 0.15) is 0 Å². The lowest BCUT2D eigenvalue weighted by atomic mass is 10.2. The monoisotopic (exact) mass is 236 g/mol. The van der Waals surface area contributed by atoms with Crippen molar-refractivity contribution in [1.82, 2.24) is 19.9 Å². The summed E-state index contributed by atoms with van der Waals surface area (Å²) in [6, 6.07) is 1.82. The van der Waals surface area contributed by atoms with Gasteiger partial charge in [0.1, 0.15) is 0 Å². The number of nitrogens with one attached hydrogen (secondary N) is 2. The van der Waals surface area contributed by atoms with Crippen LogP contribution in [0.15, 0.2) is 23.3 Å². The zero-order valence-electron chi connectivity index (χ0n) is 8.35. The molecule has 0 amide bonds. The van der Waals surface area contributed by atoms with Crippen LogP contribution in [0, 0.1) is 4.77 Å². The first-order chi connectivity index (χ1) is 7.70. The van der Waals surface area contributed by atoms with E-state index in [2.05, 4.69) is 19.9 Å². The molecule has 0 bridgehead atoms. The van der Waals surface area contributed by atoms with Gasteiger partial charge in [-0.2, -0.15) is 4.98 Å². The number of methoxy groups -OCH3 is 1. The molecule has 0 aromatic carbocycles. The lowest BCUT2D eigenvalue weighted by Gasteiger charge is -2.01. The molecule has 2 aromatic heterocycles. The van der Waals surface area contributed by atoms with Gasteiger partial charge in [0.15, 0.2) is 4.77 Å². The number of aromatic nitrogens is 4. The highest BCUT2D eigenvalue weighted by molar-refractivity contribution is 7.71. The highest BCUT2D eigenvalue weighted by Crippen LogP contribution is 2.12. The van der Waals surface area contributed by atoms with Crippen molar-refractivity contribution >= 4 is 12.2 Å². The Morgan fingerprint density at radius 3 is 3.00 bits per heavy atom. The van der Waals surface area contributed by atoms with Crippen molar-refractivity contribution in [2.45, 2.75) is 0 Å². The minimum Gasteiger partial charge on any atom is -0.467 e. The Morgan fingerprint density at radius 2 is 2.31 bits per heavy atom. The van der Waals surface area contributed by atoms with Crippen LogP contribution in [0.3, 0.4) is 0 Å². The second-order valence-electron chi connectivity index (χ2n) is 2.91. The highest BCUT2D eigenvalue weighted by atomic mass is 32.1. The topological polar surface area (TPSA) is 83.7 Å². The number of hydrogen-bond acceptors (Lipinski definition) is 5. The first-order valence-electron chi connectivity index (χ1n) is 4.40. The second kappa shape index (κ2) is 4.23. The SMILES string of the molecule is COc1nccc(-c2c[nH]c(=S)[nH]c2=O)n1. The average molecular weight is 236 g/mol. The van der Waals surface area contributed by atoms with E-state index < -0.39 is 0 Å². The number of aromatic amines is 2. The third-order valence-electron chi connectivity index (χ3n) is 1.91. The average Bonchev–Trinajstić information content (AvgIpc) is 2.29. The van der Waals surface area contributed by atoms with Gasteiger partial charge in [0.2, 0.25) is 0 Å². The molecule has 6 nitrogen and oxygen atoms in total. The van der Waals surface area contributed by atoms with Crippen LogP contribution in [0.2, 0.25) is 0 Å². The van der Waals surface area contributed by atoms with Gasteiger partial charge in [-0.05, 0) is 18.3 Å². The first kappa shape index (κ1) is 10.5. The van der Waals surface area contributed by atoms with Crippen LogP contribution >= 0.6 is 12.2 Å². The predicted octanol–water partition coefficient (Wildman–Crippen LogP) is 0.898. The third kappa shape index (κ3) is 1.98. The van der Waals surface area contributed by atoms with Crippen molar-refractivity contribution in [3.63, 3.8) is 0 Å². The Morgan fingerprint density at radius 1 is 1.50 bits per heavy atom. The molecule has 0 fully saturated rings. The summed E-state index contributed by atoms with van der Waals surface area (Å²) in [6.07, 6.45) is 3.02. The zero-order chi connectivity index (χ0) is 11.5. The largest absolute Gasteiger partial charge is 0.467 e. The molecule has 2 N–H and O–H groups in total. The molecule has 2 rings (SSSR count). The molecule has 0 atom stereocenters. The molecule has 2 aromatic rings. The van der Waals surface area contributed by atoms with Gasteiger partial charge in [-0.1, -0.05) is 0 Å². The summed E-state index contributed by atoms with van der Waals surface area (Å²) in [5, 5.41) is 0. The number of H-pyrrole nitrogens is 2. The molecule has 0 aliphatic rings. The lowest BCUT2D eigenvalue weighted by molar-refractivity contribution is 0.380. The van der Waals surface area contributed by atoms with Crippen LogP contribution in [-0.4, -0.2) is 27.0 Å². The predicted molar refractivity (Wildman–Crippen MR) is 59.8 cm³/mol. The van der Waals surface area contributed by atoms with Crippen LogP contribution < -0.4 is 10.3 Å². The summed E-state index contributed by atoms with van der Waals surface area (Å²) in [7, 11) is 1.46. The summed E-state index contributed by atoms with van der Waals surface area (Å²) in [6.45, 7) is 0. The normalized spacial score (nSPS) is 10.1. The molecule has 0 unspecified atom stereocenters. The summed E-state index contributed by atoms with van der Waals surface area (Å²) >= 11 is 4.79. The fourth-order valence-electron chi connectivity index (χ4n) is 1.19. The molecule has 0 radical (unpaired) electrons. The van der Waals surface area contributed by atoms with Gasteiger partial charge >= 0.3 is 6.01 Å². The van der Waals surface area contributed by atoms with Crippen molar-refractivity contribution in [1.29, 1.82) is 0 Å². The van der Waals surface area contributed by atoms with Gasteiger partial charge in [0.25, 0.3) is 5.56 Å². The Balaban J connectivity index is 2.58. The van der Waals surface area contributed by atoms with Crippen LogP contribution in [0.5, 0.6) is 6.01 Å². The molecule has 2 heterocycles. The maximum absolute atomic E-state index is 11.6. The molecular weight excluding hydrogens is 228 g/mol. The van der Waals surface area contributed by atoms with E-state index in [1.165, 1.54) is 19.5 Å². The highest BCUT2D eigenvalue weighted by Gasteiger charge is 2.06. The standard InChI is InChI=1S/C9H8N4O2S/c1-15-8-10-3-2-6(12-8)5-4-11-9(16)13-7(5)14/h2-4H,1H3,(H2,11,13,14,16). The molecular formula is C9H8N4O2S. The van der Waals surface area contributed by atoms with Crippen molar-refractivity contribution < 1.29 is 4.74 Å². The van der Waals surface area contributed by atoms with E-state index in [9.17, 15) is 4.79 Å². The van der Waals surface area contributed by atoms with Crippen molar-refractivity contribution in [2.75, 3.05) is 7.11 Å². The van der Waals surface area contributed by atoms with E-state index in [1.54, 1.807) is 6.07 Å². The maximum Gasteiger partial charge on any atom is 0.316 e. The number of nitrogens with zero attached hydrogens (tertiary/aromatic N) is 2. The lowest BCUT2D eigenvalue weighted by Crippen LogP contribution is -2.10.